The summed E-state index contributed by atoms with van der Waals surface area (Å²) in [4.78, 5) is 12.4. The van der Waals surface area contributed by atoms with Gasteiger partial charge in [-0.3, -0.25) is 4.79 Å². The maximum Gasteiger partial charge on any atom is 0.228 e. The minimum Gasteiger partial charge on any atom is -0.323 e. The predicted octanol–water partition coefficient (Wildman–Crippen LogP) is 4.43. The summed E-state index contributed by atoms with van der Waals surface area (Å²) < 4.78 is 2.82. The Morgan fingerprint density at radius 1 is 1.12 bits per heavy atom. The molecule has 1 aromatic heterocycles. The molecule has 0 saturated heterocycles. The zero-order chi connectivity index (χ0) is 17.1. The molecule has 2 aromatic carbocycles. The van der Waals surface area contributed by atoms with Gasteiger partial charge in [-0.1, -0.05) is 46.3 Å². The second-order valence-electron chi connectivity index (χ2n) is 5.65. The Morgan fingerprint density at radius 3 is 2.58 bits per heavy atom. The van der Waals surface area contributed by atoms with Gasteiger partial charge in [-0.05, 0) is 43.7 Å². The van der Waals surface area contributed by atoms with Gasteiger partial charge < -0.3 is 5.32 Å². The molecule has 3 aromatic rings. The molecule has 24 heavy (non-hydrogen) atoms. The Balaban J connectivity index is 1.80. The maximum absolute atomic E-state index is 12.4. The third-order valence-corrected chi connectivity index (χ3v) is 4.30. The van der Waals surface area contributed by atoms with E-state index < -0.39 is 0 Å². The molecule has 1 amide bonds. The smallest absolute Gasteiger partial charge is 0.228 e. The van der Waals surface area contributed by atoms with E-state index in [1.54, 1.807) is 0 Å². The van der Waals surface area contributed by atoms with Crippen LogP contribution in [0.3, 0.4) is 0 Å². The van der Waals surface area contributed by atoms with Gasteiger partial charge in [0.05, 0.1) is 29.2 Å². The van der Waals surface area contributed by atoms with Crippen LogP contribution in [0, 0.1) is 13.8 Å². The Bertz CT molecular complexity index is 872. The van der Waals surface area contributed by atoms with Crippen LogP contribution in [0.15, 0.2) is 59.1 Å². The standard InChI is InChI=1S/C19H18BrN3O/c1-13-19(14(2)23(22-13)17-9-4-3-5-10-17)21-18(24)12-15-7-6-8-16(20)11-15/h3-11H,12H2,1-2H3,(H,21,24). The maximum atomic E-state index is 12.4. The molecular formula is C19H18BrN3O. The third-order valence-electron chi connectivity index (χ3n) is 3.81. The van der Waals surface area contributed by atoms with E-state index in [1.807, 2.05) is 73.1 Å². The second-order valence-corrected chi connectivity index (χ2v) is 6.56. The molecule has 0 aliphatic rings. The minimum absolute atomic E-state index is 0.0492. The van der Waals surface area contributed by atoms with Gasteiger partial charge in [0.25, 0.3) is 0 Å². The van der Waals surface area contributed by atoms with Gasteiger partial charge in [-0.15, -0.1) is 0 Å². The van der Waals surface area contributed by atoms with Gasteiger partial charge in [0.2, 0.25) is 5.91 Å². The summed E-state index contributed by atoms with van der Waals surface area (Å²) in [6, 6.07) is 17.7. The molecule has 0 saturated carbocycles. The number of rotatable bonds is 4. The van der Waals surface area contributed by atoms with Crippen molar-refractivity contribution in [3.63, 3.8) is 0 Å². The van der Waals surface area contributed by atoms with Gasteiger partial charge in [0, 0.05) is 4.47 Å². The van der Waals surface area contributed by atoms with Crippen molar-refractivity contribution < 1.29 is 4.79 Å². The first-order valence-electron chi connectivity index (χ1n) is 7.70. The summed E-state index contributed by atoms with van der Waals surface area (Å²) in [5.41, 5.74) is 4.44. The number of benzene rings is 2. The van der Waals surface area contributed by atoms with Crippen LogP contribution >= 0.6 is 15.9 Å². The number of aromatic nitrogens is 2. The van der Waals surface area contributed by atoms with E-state index >= 15 is 0 Å². The summed E-state index contributed by atoms with van der Waals surface area (Å²) >= 11 is 3.43. The van der Waals surface area contributed by atoms with E-state index in [4.69, 9.17) is 0 Å². The number of amides is 1. The van der Waals surface area contributed by atoms with Crippen molar-refractivity contribution in [1.82, 2.24) is 9.78 Å². The molecule has 0 spiro atoms. The number of anilines is 1. The van der Waals surface area contributed by atoms with Crippen molar-refractivity contribution in [2.24, 2.45) is 0 Å². The van der Waals surface area contributed by atoms with E-state index in [0.29, 0.717) is 6.42 Å². The van der Waals surface area contributed by atoms with Crippen LogP contribution in [0.5, 0.6) is 0 Å². The van der Waals surface area contributed by atoms with Crippen molar-refractivity contribution in [2.45, 2.75) is 20.3 Å². The highest BCUT2D eigenvalue weighted by Crippen LogP contribution is 2.23. The Hall–Kier alpha value is -2.40. The second kappa shape index (κ2) is 7.01. The van der Waals surface area contributed by atoms with E-state index in [1.165, 1.54) is 0 Å². The number of halogens is 1. The quantitative estimate of drug-likeness (QED) is 0.723. The number of hydrogen-bond acceptors (Lipinski definition) is 2. The van der Waals surface area contributed by atoms with E-state index in [0.717, 1.165) is 32.8 Å². The number of nitrogens with zero attached hydrogens (tertiary/aromatic N) is 2. The van der Waals surface area contributed by atoms with Gasteiger partial charge in [-0.25, -0.2) is 4.68 Å². The van der Waals surface area contributed by atoms with Crippen LogP contribution in [-0.2, 0) is 11.2 Å². The normalized spacial score (nSPS) is 10.6. The van der Waals surface area contributed by atoms with E-state index in [-0.39, 0.29) is 5.91 Å². The monoisotopic (exact) mass is 383 g/mol. The zero-order valence-corrected chi connectivity index (χ0v) is 15.2. The Kier molecular flexibility index (Phi) is 4.81. The van der Waals surface area contributed by atoms with Crippen LogP contribution < -0.4 is 5.32 Å². The first-order valence-corrected chi connectivity index (χ1v) is 8.50. The van der Waals surface area contributed by atoms with Crippen LogP contribution in [0.2, 0.25) is 0 Å². The van der Waals surface area contributed by atoms with Crippen LogP contribution in [0.25, 0.3) is 5.69 Å². The molecule has 0 fully saturated rings. The summed E-state index contributed by atoms with van der Waals surface area (Å²) in [5, 5.41) is 7.55. The summed E-state index contributed by atoms with van der Waals surface area (Å²) in [6.45, 7) is 3.86. The van der Waals surface area contributed by atoms with Gasteiger partial charge in [-0.2, -0.15) is 5.10 Å². The largest absolute Gasteiger partial charge is 0.323 e. The van der Waals surface area contributed by atoms with E-state index in [2.05, 4.69) is 26.3 Å². The molecule has 1 heterocycles. The fourth-order valence-electron chi connectivity index (χ4n) is 2.66. The van der Waals surface area contributed by atoms with Gasteiger partial charge >= 0.3 is 0 Å². The minimum atomic E-state index is -0.0492. The number of hydrogen-bond donors (Lipinski definition) is 1. The molecule has 0 aliphatic carbocycles. The zero-order valence-electron chi connectivity index (χ0n) is 13.6. The lowest BCUT2D eigenvalue weighted by Crippen LogP contribution is -2.15. The fraction of sp³-hybridized carbons (Fsp3) is 0.158. The first kappa shape index (κ1) is 16.5. The van der Waals surface area contributed by atoms with Gasteiger partial charge in [0.15, 0.2) is 0 Å². The number of carbonyl (C=O) groups excluding carboxylic acids is 1. The molecule has 4 nitrogen and oxygen atoms in total. The van der Waals surface area contributed by atoms with Crippen molar-refractivity contribution in [2.75, 3.05) is 5.32 Å². The lowest BCUT2D eigenvalue weighted by molar-refractivity contribution is -0.115. The van der Waals surface area contributed by atoms with Crippen molar-refractivity contribution in [1.29, 1.82) is 0 Å². The highest BCUT2D eigenvalue weighted by atomic mass is 79.9. The lowest BCUT2D eigenvalue weighted by Gasteiger charge is -2.07. The van der Waals surface area contributed by atoms with Crippen LogP contribution in [-0.4, -0.2) is 15.7 Å². The summed E-state index contributed by atoms with van der Waals surface area (Å²) in [6.07, 6.45) is 0.328. The van der Waals surface area contributed by atoms with Crippen molar-refractivity contribution in [3.05, 3.63) is 76.0 Å². The van der Waals surface area contributed by atoms with Crippen molar-refractivity contribution >= 4 is 27.5 Å². The van der Waals surface area contributed by atoms with Gasteiger partial charge in [0.1, 0.15) is 0 Å². The molecule has 122 valence electrons. The van der Waals surface area contributed by atoms with E-state index in [9.17, 15) is 4.79 Å². The lowest BCUT2D eigenvalue weighted by atomic mass is 10.1. The summed E-state index contributed by atoms with van der Waals surface area (Å²) in [5.74, 6) is -0.0492. The highest BCUT2D eigenvalue weighted by molar-refractivity contribution is 9.10. The topological polar surface area (TPSA) is 46.9 Å². The molecule has 0 unspecified atom stereocenters. The SMILES string of the molecule is Cc1nn(-c2ccccc2)c(C)c1NC(=O)Cc1cccc(Br)c1. The number of nitrogens with one attached hydrogen (secondary N) is 1. The van der Waals surface area contributed by atoms with Crippen LogP contribution in [0.1, 0.15) is 17.0 Å². The summed E-state index contributed by atoms with van der Waals surface area (Å²) in [7, 11) is 0. The number of carbonyl (C=O) groups is 1. The molecule has 0 atom stereocenters. The molecular weight excluding hydrogens is 366 g/mol. The highest BCUT2D eigenvalue weighted by Gasteiger charge is 2.15. The number of para-hydroxylation sites is 1. The molecule has 1 N–H and O–H groups in total. The third kappa shape index (κ3) is 3.57. The average Bonchev–Trinajstić information content (AvgIpc) is 2.84. The fourth-order valence-corrected chi connectivity index (χ4v) is 3.11. The molecule has 3 rings (SSSR count). The molecule has 5 heteroatoms. The molecule has 0 radical (unpaired) electrons. The molecule has 0 bridgehead atoms. The number of aryl methyl sites for hydroxylation is 1. The Morgan fingerprint density at radius 2 is 1.88 bits per heavy atom. The van der Waals surface area contributed by atoms with Crippen LogP contribution in [0.4, 0.5) is 5.69 Å². The molecule has 0 aliphatic heterocycles. The Labute approximate surface area is 149 Å². The average molecular weight is 384 g/mol. The van der Waals surface area contributed by atoms with Crippen molar-refractivity contribution in [3.8, 4) is 5.69 Å². The predicted molar refractivity (Wildman–Crippen MR) is 99.5 cm³/mol. The first-order chi connectivity index (χ1) is 11.5.